The van der Waals surface area contributed by atoms with Gasteiger partial charge in [0.05, 0.1) is 10.1 Å². The highest BCUT2D eigenvalue weighted by Gasteiger charge is 2.42. The van der Waals surface area contributed by atoms with Gasteiger partial charge in [0.15, 0.2) is 9.84 Å². The fourth-order valence-corrected chi connectivity index (χ4v) is 5.54. The van der Waals surface area contributed by atoms with Crippen LogP contribution in [0.25, 0.3) is 0 Å². The first-order chi connectivity index (χ1) is 9.26. The minimum absolute atomic E-state index is 0.00649. The summed E-state index contributed by atoms with van der Waals surface area (Å²) in [5.41, 5.74) is 0.0592. The predicted octanol–water partition coefficient (Wildman–Crippen LogP) is 3.28. The van der Waals surface area contributed by atoms with Crippen LogP contribution >= 0.6 is 11.6 Å². The van der Waals surface area contributed by atoms with E-state index in [4.69, 9.17) is 11.6 Å². The normalized spacial score (nSPS) is 26.4. The van der Waals surface area contributed by atoms with Gasteiger partial charge < -0.3 is 5.32 Å². The molecular weight excluding hydrogens is 294 g/mol. The quantitative estimate of drug-likeness (QED) is 0.931. The molecule has 2 atom stereocenters. The lowest BCUT2D eigenvalue weighted by atomic mass is 9.75. The molecule has 1 fully saturated rings. The number of nitrogens with one attached hydrogen (secondary N) is 1. The van der Waals surface area contributed by atoms with Gasteiger partial charge in [-0.1, -0.05) is 31.5 Å². The molecule has 3 nitrogen and oxygen atoms in total. The van der Waals surface area contributed by atoms with Gasteiger partial charge in [0.1, 0.15) is 0 Å². The molecule has 1 aromatic rings. The van der Waals surface area contributed by atoms with Gasteiger partial charge >= 0.3 is 0 Å². The van der Waals surface area contributed by atoms with Gasteiger partial charge in [0.25, 0.3) is 0 Å². The smallest absolute Gasteiger partial charge is 0.182 e. The highest BCUT2D eigenvalue weighted by atomic mass is 35.5. The molecule has 1 saturated carbocycles. The number of halogens is 1. The summed E-state index contributed by atoms with van der Waals surface area (Å²) in [5.74, 6) is 0. The van der Waals surface area contributed by atoms with E-state index < -0.39 is 15.1 Å². The molecule has 1 aromatic carbocycles. The zero-order valence-corrected chi connectivity index (χ0v) is 13.8. The van der Waals surface area contributed by atoms with E-state index in [1.165, 1.54) is 0 Å². The SMILES string of the molecule is CNC1CCC(C)(C)CC1S(=O)(=O)c1cccc(Cl)c1. The van der Waals surface area contributed by atoms with E-state index in [0.29, 0.717) is 16.3 Å². The Kier molecular flexibility index (Phi) is 4.47. The van der Waals surface area contributed by atoms with Crippen molar-refractivity contribution in [3.63, 3.8) is 0 Å². The molecule has 0 amide bonds. The molecule has 0 radical (unpaired) electrons. The van der Waals surface area contributed by atoms with Gasteiger partial charge in [0, 0.05) is 11.1 Å². The van der Waals surface area contributed by atoms with Gasteiger partial charge in [-0.05, 0) is 49.9 Å². The summed E-state index contributed by atoms with van der Waals surface area (Å²) >= 11 is 5.94. The first kappa shape index (κ1) is 15.8. The van der Waals surface area contributed by atoms with E-state index in [1.807, 2.05) is 7.05 Å². The summed E-state index contributed by atoms with van der Waals surface area (Å²) in [7, 11) is -1.53. The van der Waals surface area contributed by atoms with Crippen LogP contribution < -0.4 is 5.32 Å². The zero-order valence-electron chi connectivity index (χ0n) is 12.2. The van der Waals surface area contributed by atoms with Crippen molar-refractivity contribution in [3.8, 4) is 0 Å². The average Bonchev–Trinajstić information content (AvgIpc) is 2.38. The Bertz CT molecular complexity index is 583. The minimum Gasteiger partial charge on any atom is -0.316 e. The third-order valence-corrected chi connectivity index (χ3v) is 6.67. The third-order valence-electron chi connectivity index (χ3n) is 4.23. The van der Waals surface area contributed by atoms with Crippen LogP contribution in [0.1, 0.15) is 33.1 Å². The van der Waals surface area contributed by atoms with Crippen molar-refractivity contribution >= 4 is 21.4 Å². The van der Waals surface area contributed by atoms with Crippen LogP contribution in [-0.4, -0.2) is 26.8 Å². The van der Waals surface area contributed by atoms with Gasteiger partial charge in [-0.3, -0.25) is 0 Å². The molecule has 1 aliphatic carbocycles. The Labute approximate surface area is 126 Å². The topological polar surface area (TPSA) is 46.2 Å². The van der Waals surface area contributed by atoms with Crippen molar-refractivity contribution in [2.24, 2.45) is 5.41 Å². The maximum absolute atomic E-state index is 12.9. The number of rotatable bonds is 3. The average molecular weight is 316 g/mol. The van der Waals surface area contributed by atoms with Gasteiger partial charge in [-0.25, -0.2) is 8.42 Å². The Morgan fingerprint density at radius 2 is 2.05 bits per heavy atom. The van der Waals surface area contributed by atoms with Gasteiger partial charge in [-0.15, -0.1) is 0 Å². The maximum atomic E-state index is 12.9. The van der Waals surface area contributed by atoms with Crippen LogP contribution in [0, 0.1) is 5.41 Å². The number of sulfone groups is 1. The predicted molar refractivity (Wildman–Crippen MR) is 82.9 cm³/mol. The number of hydrogen-bond acceptors (Lipinski definition) is 3. The molecule has 0 heterocycles. The van der Waals surface area contributed by atoms with Gasteiger partial charge in [-0.2, -0.15) is 0 Å². The summed E-state index contributed by atoms with van der Waals surface area (Å²) in [4.78, 5) is 0.327. The van der Waals surface area contributed by atoms with Crippen molar-refractivity contribution in [1.82, 2.24) is 5.32 Å². The molecule has 5 heteroatoms. The van der Waals surface area contributed by atoms with Crippen molar-refractivity contribution in [3.05, 3.63) is 29.3 Å². The number of benzene rings is 1. The van der Waals surface area contributed by atoms with Crippen LogP contribution in [0.3, 0.4) is 0 Å². The molecule has 0 bridgehead atoms. The van der Waals surface area contributed by atoms with E-state index in [2.05, 4.69) is 19.2 Å². The Balaban J connectivity index is 2.40. The first-order valence-corrected chi connectivity index (χ1v) is 8.85. The molecule has 20 heavy (non-hydrogen) atoms. The first-order valence-electron chi connectivity index (χ1n) is 6.93. The van der Waals surface area contributed by atoms with Crippen molar-refractivity contribution in [2.45, 2.75) is 49.3 Å². The van der Waals surface area contributed by atoms with Crippen molar-refractivity contribution < 1.29 is 8.42 Å². The van der Waals surface area contributed by atoms with Crippen molar-refractivity contribution in [1.29, 1.82) is 0 Å². The molecule has 1 N–H and O–H groups in total. The van der Waals surface area contributed by atoms with Crippen LogP contribution in [0.2, 0.25) is 5.02 Å². The lowest BCUT2D eigenvalue weighted by molar-refractivity contribution is 0.213. The molecule has 1 aliphatic rings. The highest BCUT2D eigenvalue weighted by molar-refractivity contribution is 7.92. The summed E-state index contributed by atoms with van der Waals surface area (Å²) < 4.78 is 25.8. The van der Waals surface area contributed by atoms with E-state index in [-0.39, 0.29) is 11.5 Å². The summed E-state index contributed by atoms with van der Waals surface area (Å²) in [5, 5.41) is 3.24. The Morgan fingerprint density at radius 3 is 2.65 bits per heavy atom. The molecule has 112 valence electrons. The van der Waals surface area contributed by atoms with Crippen LogP contribution in [-0.2, 0) is 9.84 Å². The molecule has 2 unspecified atom stereocenters. The van der Waals surface area contributed by atoms with E-state index >= 15 is 0 Å². The van der Waals surface area contributed by atoms with E-state index in [0.717, 1.165) is 12.8 Å². The van der Waals surface area contributed by atoms with E-state index in [9.17, 15) is 8.42 Å². The van der Waals surface area contributed by atoms with Crippen molar-refractivity contribution in [2.75, 3.05) is 7.05 Å². The second kappa shape index (κ2) is 5.66. The fraction of sp³-hybridized carbons (Fsp3) is 0.600. The second-order valence-electron chi connectivity index (χ2n) is 6.34. The molecule has 0 saturated heterocycles. The monoisotopic (exact) mass is 315 g/mol. The van der Waals surface area contributed by atoms with Crippen LogP contribution in [0.5, 0.6) is 0 Å². The Morgan fingerprint density at radius 1 is 1.35 bits per heavy atom. The molecular formula is C15H22ClNO2S. The number of hydrogen-bond donors (Lipinski definition) is 1. The summed E-state index contributed by atoms with van der Waals surface area (Å²) in [6.45, 7) is 4.28. The lowest BCUT2D eigenvalue weighted by Gasteiger charge is -2.40. The van der Waals surface area contributed by atoms with Gasteiger partial charge in [0.2, 0.25) is 0 Å². The largest absolute Gasteiger partial charge is 0.316 e. The standard InChI is InChI=1S/C15H22ClNO2S/c1-15(2)8-7-13(17-3)14(10-15)20(18,19)12-6-4-5-11(16)9-12/h4-6,9,13-14,17H,7-8,10H2,1-3H3. The van der Waals surface area contributed by atoms with E-state index in [1.54, 1.807) is 24.3 Å². The van der Waals surface area contributed by atoms with Crippen LogP contribution in [0.15, 0.2) is 29.2 Å². The highest BCUT2D eigenvalue weighted by Crippen LogP contribution is 2.40. The molecule has 2 rings (SSSR count). The molecule has 0 aliphatic heterocycles. The lowest BCUT2D eigenvalue weighted by Crippen LogP contribution is -2.48. The Hall–Kier alpha value is -0.580. The maximum Gasteiger partial charge on any atom is 0.182 e. The summed E-state index contributed by atoms with van der Waals surface area (Å²) in [6.07, 6.45) is 2.60. The molecule has 0 aromatic heterocycles. The minimum atomic E-state index is -3.36. The van der Waals surface area contributed by atoms with Crippen LogP contribution in [0.4, 0.5) is 0 Å². The summed E-state index contributed by atoms with van der Waals surface area (Å²) in [6, 6.07) is 6.58. The third kappa shape index (κ3) is 3.18. The second-order valence-corrected chi connectivity index (χ2v) is 8.95. The molecule has 0 spiro atoms. The zero-order chi connectivity index (χ0) is 15.0. The fourth-order valence-electron chi connectivity index (χ4n) is 3.00.